The van der Waals surface area contributed by atoms with Crippen molar-refractivity contribution in [3.63, 3.8) is 0 Å². The Hall–Kier alpha value is -3.72. The molecule has 0 unspecified atom stereocenters. The molecule has 0 aliphatic rings. The highest BCUT2D eigenvalue weighted by atomic mass is 35.5. The first-order valence-electron chi connectivity index (χ1n) is 10.2. The Kier molecular flexibility index (Phi) is 6.38. The molecule has 0 aliphatic carbocycles. The number of ether oxygens (including phenoxy) is 1. The van der Waals surface area contributed by atoms with Crippen LogP contribution in [0.2, 0.25) is 5.02 Å². The van der Waals surface area contributed by atoms with E-state index in [4.69, 9.17) is 11.6 Å². The fraction of sp³-hybridized carbons (Fsp3) is 0.120. The number of fused-ring (bicyclic) bond motifs is 1. The van der Waals surface area contributed by atoms with Crippen LogP contribution in [0.4, 0.5) is 22.0 Å². The first kappa shape index (κ1) is 24.4. The van der Waals surface area contributed by atoms with E-state index in [1.807, 2.05) is 6.92 Å². The van der Waals surface area contributed by atoms with Crippen molar-refractivity contribution in [1.29, 1.82) is 0 Å². The minimum absolute atomic E-state index is 0.0506. The summed E-state index contributed by atoms with van der Waals surface area (Å²) in [4.78, 5) is 13.1. The monoisotopic (exact) mass is 506 g/mol. The fourth-order valence-electron chi connectivity index (χ4n) is 3.46. The van der Waals surface area contributed by atoms with Crippen LogP contribution in [0, 0.1) is 19.7 Å². The van der Waals surface area contributed by atoms with Gasteiger partial charge in [0, 0.05) is 5.02 Å². The van der Waals surface area contributed by atoms with E-state index in [0.29, 0.717) is 0 Å². The minimum atomic E-state index is -4.86. The summed E-state index contributed by atoms with van der Waals surface area (Å²) < 4.78 is 72.0. The van der Waals surface area contributed by atoms with Gasteiger partial charge in [-0.1, -0.05) is 23.7 Å². The van der Waals surface area contributed by atoms with Gasteiger partial charge in [0.1, 0.15) is 17.3 Å². The summed E-state index contributed by atoms with van der Waals surface area (Å²) in [7, 11) is 0. The number of aryl methyl sites for hydroxylation is 2. The van der Waals surface area contributed by atoms with Crippen LogP contribution in [0.3, 0.4) is 0 Å². The lowest BCUT2D eigenvalue weighted by Crippen LogP contribution is -2.18. The third-order valence-electron chi connectivity index (χ3n) is 5.27. The average molecular weight is 507 g/mol. The van der Waals surface area contributed by atoms with Crippen molar-refractivity contribution >= 4 is 34.4 Å². The second kappa shape index (κ2) is 9.14. The molecule has 0 aliphatic heterocycles. The average Bonchev–Trinajstić information content (AvgIpc) is 2.76. The highest BCUT2D eigenvalue weighted by Gasteiger charge is 2.31. The number of hydrogen-bond acceptors (Lipinski definition) is 3. The molecular formula is C25H16ClF5N2O2. The highest BCUT2D eigenvalue weighted by Crippen LogP contribution is 2.27. The van der Waals surface area contributed by atoms with E-state index < -0.39 is 34.9 Å². The number of aromatic nitrogens is 2. The molecule has 180 valence electrons. The Balaban J connectivity index is 1.88. The van der Waals surface area contributed by atoms with Crippen molar-refractivity contribution in [2.45, 2.75) is 20.2 Å². The van der Waals surface area contributed by atoms with Gasteiger partial charge >= 0.3 is 6.36 Å². The molecule has 0 N–H and O–H groups in total. The van der Waals surface area contributed by atoms with E-state index in [2.05, 4.69) is 9.84 Å². The summed E-state index contributed by atoms with van der Waals surface area (Å²) in [6, 6.07) is 11.5. The molecule has 4 rings (SSSR count). The summed E-state index contributed by atoms with van der Waals surface area (Å²) >= 11 is 5.85. The van der Waals surface area contributed by atoms with E-state index in [1.165, 1.54) is 24.3 Å². The molecular weight excluding hydrogens is 491 g/mol. The van der Waals surface area contributed by atoms with Gasteiger partial charge in [0.15, 0.2) is 11.5 Å². The van der Waals surface area contributed by atoms with Gasteiger partial charge in [0.05, 0.1) is 10.9 Å². The van der Waals surface area contributed by atoms with Crippen LogP contribution >= 0.6 is 11.6 Å². The Morgan fingerprint density at radius 2 is 1.69 bits per heavy atom. The topological polar surface area (TPSA) is 44.1 Å². The standard InChI is InChI=1S/C25H16ClF5N2O2/c1-13-9-18-22(10-14(13)2)33(21-8-5-16(26)12-19(21)27)32-23(24(18)34)20(28)11-15-3-6-17(7-4-15)35-25(29,30)31/h3-12H,1-2H3/b20-11-. The van der Waals surface area contributed by atoms with Gasteiger partial charge in [0.25, 0.3) is 0 Å². The molecule has 0 spiro atoms. The number of benzene rings is 3. The first-order valence-corrected chi connectivity index (χ1v) is 10.5. The zero-order valence-corrected chi connectivity index (χ0v) is 19.0. The van der Waals surface area contributed by atoms with Gasteiger partial charge in [-0.05, 0) is 79.1 Å². The van der Waals surface area contributed by atoms with Crippen LogP contribution < -0.4 is 10.2 Å². The van der Waals surface area contributed by atoms with Crippen molar-refractivity contribution in [2.75, 3.05) is 0 Å². The summed E-state index contributed by atoms with van der Waals surface area (Å²) in [6.45, 7) is 3.58. The van der Waals surface area contributed by atoms with Crippen molar-refractivity contribution in [3.05, 3.63) is 98.0 Å². The van der Waals surface area contributed by atoms with Gasteiger partial charge in [0.2, 0.25) is 5.43 Å². The lowest BCUT2D eigenvalue weighted by Gasteiger charge is -2.14. The zero-order valence-electron chi connectivity index (χ0n) is 18.3. The smallest absolute Gasteiger partial charge is 0.406 e. The maximum atomic E-state index is 15.3. The molecule has 0 saturated carbocycles. The molecule has 1 heterocycles. The van der Waals surface area contributed by atoms with Crippen LogP contribution in [-0.2, 0) is 0 Å². The summed E-state index contributed by atoms with van der Waals surface area (Å²) in [6.07, 6.45) is -3.92. The molecule has 0 amide bonds. The third kappa shape index (κ3) is 5.19. The van der Waals surface area contributed by atoms with E-state index in [1.54, 1.807) is 19.1 Å². The lowest BCUT2D eigenvalue weighted by molar-refractivity contribution is -0.274. The molecule has 0 saturated heterocycles. The molecule has 4 aromatic rings. The third-order valence-corrected chi connectivity index (χ3v) is 5.51. The fourth-order valence-corrected chi connectivity index (χ4v) is 3.62. The van der Waals surface area contributed by atoms with E-state index in [-0.39, 0.29) is 27.2 Å². The van der Waals surface area contributed by atoms with Gasteiger partial charge in [-0.15, -0.1) is 13.2 Å². The zero-order chi connectivity index (χ0) is 25.5. The largest absolute Gasteiger partial charge is 0.573 e. The molecule has 0 atom stereocenters. The Labute approximate surface area is 200 Å². The van der Waals surface area contributed by atoms with Crippen molar-refractivity contribution < 1.29 is 26.7 Å². The maximum absolute atomic E-state index is 15.3. The Morgan fingerprint density at radius 1 is 1.03 bits per heavy atom. The van der Waals surface area contributed by atoms with Crippen LogP contribution in [0.25, 0.3) is 28.5 Å². The number of rotatable bonds is 4. The normalized spacial score (nSPS) is 12.3. The molecule has 0 fully saturated rings. The number of alkyl halides is 3. The van der Waals surface area contributed by atoms with Crippen LogP contribution in [-0.4, -0.2) is 16.1 Å². The van der Waals surface area contributed by atoms with Crippen molar-refractivity contribution in [3.8, 4) is 11.4 Å². The van der Waals surface area contributed by atoms with Gasteiger partial charge in [-0.25, -0.2) is 13.5 Å². The maximum Gasteiger partial charge on any atom is 0.573 e. The Morgan fingerprint density at radius 3 is 2.31 bits per heavy atom. The van der Waals surface area contributed by atoms with E-state index >= 15 is 4.39 Å². The van der Waals surface area contributed by atoms with E-state index in [0.717, 1.165) is 40.1 Å². The molecule has 3 aromatic carbocycles. The molecule has 4 nitrogen and oxygen atoms in total. The molecule has 0 bridgehead atoms. The Bertz CT molecular complexity index is 1530. The van der Waals surface area contributed by atoms with Gasteiger partial charge in [-0.3, -0.25) is 4.79 Å². The molecule has 10 heteroatoms. The van der Waals surface area contributed by atoms with Crippen LogP contribution in [0.1, 0.15) is 22.4 Å². The summed E-state index contributed by atoms with van der Waals surface area (Å²) in [5.41, 5.74) is 0.633. The van der Waals surface area contributed by atoms with E-state index in [9.17, 15) is 22.4 Å². The SMILES string of the molecule is Cc1cc2c(=O)c(/C(F)=C/c3ccc(OC(F)(F)F)cc3)nn(-c3ccc(Cl)cc3F)c2cc1C. The molecule has 0 radical (unpaired) electrons. The molecule has 35 heavy (non-hydrogen) atoms. The summed E-state index contributed by atoms with van der Waals surface area (Å²) in [5.74, 6) is -2.27. The minimum Gasteiger partial charge on any atom is -0.406 e. The number of nitrogens with zero attached hydrogens (tertiary/aromatic N) is 2. The predicted molar refractivity (Wildman–Crippen MR) is 124 cm³/mol. The van der Waals surface area contributed by atoms with Crippen molar-refractivity contribution in [2.24, 2.45) is 0 Å². The van der Waals surface area contributed by atoms with Crippen molar-refractivity contribution in [1.82, 2.24) is 9.78 Å². The first-order chi connectivity index (χ1) is 16.4. The quantitative estimate of drug-likeness (QED) is 0.276. The van der Waals surface area contributed by atoms with Crippen LogP contribution in [0.15, 0.2) is 59.4 Å². The second-order valence-corrected chi connectivity index (χ2v) is 8.18. The summed E-state index contributed by atoms with van der Waals surface area (Å²) in [5, 5.41) is 4.36. The van der Waals surface area contributed by atoms with Crippen LogP contribution in [0.5, 0.6) is 5.75 Å². The predicted octanol–water partition coefficient (Wildman–Crippen LogP) is 7.16. The second-order valence-electron chi connectivity index (χ2n) is 7.75. The number of hydrogen-bond donors (Lipinski definition) is 0. The number of halogens is 6. The molecule has 1 aromatic heterocycles. The lowest BCUT2D eigenvalue weighted by atomic mass is 10.0. The van der Waals surface area contributed by atoms with Gasteiger partial charge in [-0.2, -0.15) is 5.10 Å². The van der Waals surface area contributed by atoms with Gasteiger partial charge < -0.3 is 4.74 Å². The highest BCUT2D eigenvalue weighted by molar-refractivity contribution is 6.30.